The maximum Gasteiger partial charge on any atom is 0.573 e. The standard InChI is InChI=1S/C21H18F3N3O3/c1-13-3-4-14(2)27(13)17-9-5-15(6-10-17)19(28)25-26-20(29)16-7-11-18(12-8-16)30-21(22,23)24/h3-12H,1-2H3,(H,25,28)(H,26,29). The molecule has 9 heteroatoms. The van der Waals surface area contributed by atoms with Crippen molar-refractivity contribution in [1.29, 1.82) is 0 Å². The fourth-order valence-electron chi connectivity index (χ4n) is 2.90. The number of carbonyl (C=O) groups excluding carboxylic acids is 2. The van der Waals surface area contributed by atoms with Crippen LogP contribution in [0.1, 0.15) is 32.1 Å². The molecule has 0 aliphatic heterocycles. The van der Waals surface area contributed by atoms with Crippen LogP contribution in [-0.4, -0.2) is 22.7 Å². The summed E-state index contributed by atoms with van der Waals surface area (Å²) in [4.78, 5) is 24.3. The molecule has 2 N–H and O–H groups in total. The molecule has 0 unspecified atom stereocenters. The van der Waals surface area contributed by atoms with Crippen LogP contribution in [0.15, 0.2) is 60.7 Å². The van der Waals surface area contributed by atoms with Crippen molar-refractivity contribution in [2.24, 2.45) is 0 Å². The van der Waals surface area contributed by atoms with Crippen molar-refractivity contribution in [1.82, 2.24) is 15.4 Å². The van der Waals surface area contributed by atoms with E-state index < -0.39 is 23.9 Å². The molecular weight excluding hydrogens is 399 g/mol. The van der Waals surface area contributed by atoms with E-state index in [1.165, 1.54) is 0 Å². The Bertz CT molecular complexity index is 1040. The van der Waals surface area contributed by atoms with Gasteiger partial charge in [0.2, 0.25) is 0 Å². The second-order valence-electron chi connectivity index (χ2n) is 6.48. The summed E-state index contributed by atoms with van der Waals surface area (Å²) >= 11 is 0. The minimum Gasteiger partial charge on any atom is -0.406 e. The molecule has 0 bridgehead atoms. The Labute approximate surface area is 170 Å². The lowest BCUT2D eigenvalue weighted by Gasteiger charge is -2.11. The number of nitrogens with one attached hydrogen (secondary N) is 2. The zero-order chi connectivity index (χ0) is 21.9. The van der Waals surface area contributed by atoms with Gasteiger partial charge in [0.05, 0.1) is 0 Å². The number of alkyl halides is 3. The quantitative estimate of drug-likeness (QED) is 0.629. The zero-order valence-electron chi connectivity index (χ0n) is 16.1. The number of halogens is 3. The first-order chi connectivity index (χ1) is 14.1. The molecule has 2 amide bonds. The lowest BCUT2D eigenvalue weighted by atomic mass is 10.2. The van der Waals surface area contributed by atoms with Gasteiger partial charge >= 0.3 is 6.36 Å². The third-order valence-electron chi connectivity index (χ3n) is 4.30. The smallest absolute Gasteiger partial charge is 0.406 e. The summed E-state index contributed by atoms with van der Waals surface area (Å²) in [6.07, 6.45) is -4.81. The topological polar surface area (TPSA) is 72.4 Å². The highest BCUT2D eigenvalue weighted by Crippen LogP contribution is 2.22. The van der Waals surface area contributed by atoms with Gasteiger partial charge in [-0.15, -0.1) is 13.2 Å². The van der Waals surface area contributed by atoms with Crippen LogP contribution in [0.25, 0.3) is 5.69 Å². The number of rotatable bonds is 4. The monoisotopic (exact) mass is 417 g/mol. The number of hydrazine groups is 1. The van der Waals surface area contributed by atoms with E-state index in [9.17, 15) is 22.8 Å². The fourth-order valence-corrected chi connectivity index (χ4v) is 2.90. The summed E-state index contributed by atoms with van der Waals surface area (Å²) in [7, 11) is 0. The van der Waals surface area contributed by atoms with Crippen LogP contribution in [0.5, 0.6) is 5.75 Å². The van der Waals surface area contributed by atoms with Crippen molar-refractivity contribution in [2.45, 2.75) is 20.2 Å². The number of ether oxygens (including phenoxy) is 1. The molecule has 0 saturated carbocycles. The number of nitrogens with zero attached hydrogens (tertiary/aromatic N) is 1. The maximum atomic E-state index is 12.2. The van der Waals surface area contributed by atoms with E-state index in [2.05, 4.69) is 15.6 Å². The van der Waals surface area contributed by atoms with E-state index in [4.69, 9.17) is 0 Å². The van der Waals surface area contributed by atoms with Crippen molar-refractivity contribution in [3.05, 3.63) is 83.2 Å². The van der Waals surface area contributed by atoms with E-state index in [0.717, 1.165) is 41.3 Å². The molecule has 3 rings (SSSR count). The number of aryl methyl sites for hydroxylation is 2. The molecule has 156 valence electrons. The van der Waals surface area contributed by atoms with E-state index >= 15 is 0 Å². The highest BCUT2D eigenvalue weighted by atomic mass is 19.4. The van der Waals surface area contributed by atoms with Crippen LogP contribution in [0, 0.1) is 13.8 Å². The average Bonchev–Trinajstić information content (AvgIpc) is 3.03. The molecule has 0 aliphatic carbocycles. The number of hydrogen-bond acceptors (Lipinski definition) is 3. The first kappa shape index (κ1) is 21.0. The van der Waals surface area contributed by atoms with Gasteiger partial charge in [0.25, 0.3) is 11.8 Å². The minimum atomic E-state index is -4.81. The molecule has 2 aromatic carbocycles. The molecule has 0 atom stereocenters. The lowest BCUT2D eigenvalue weighted by Crippen LogP contribution is -2.41. The van der Waals surface area contributed by atoms with Crippen LogP contribution in [0.2, 0.25) is 0 Å². The second-order valence-corrected chi connectivity index (χ2v) is 6.48. The minimum absolute atomic E-state index is 0.0544. The number of amides is 2. The maximum absolute atomic E-state index is 12.2. The van der Waals surface area contributed by atoms with Gasteiger partial charge < -0.3 is 9.30 Å². The van der Waals surface area contributed by atoms with E-state index in [1.807, 2.05) is 30.5 Å². The lowest BCUT2D eigenvalue weighted by molar-refractivity contribution is -0.274. The predicted octanol–water partition coefficient (Wildman–Crippen LogP) is 4.07. The Morgan fingerprint density at radius 1 is 0.767 bits per heavy atom. The fraction of sp³-hybridized carbons (Fsp3) is 0.143. The van der Waals surface area contributed by atoms with Crippen molar-refractivity contribution < 1.29 is 27.5 Å². The Kier molecular flexibility index (Phi) is 5.81. The molecule has 0 aliphatic rings. The molecule has 0 radical (unpaired) electrons. The van der Waals surface area contributed by atoms with E-state index in [0.29, 0.717) is 5.56 Å². The summed E-state index contributed by atoms with van der Waals surface area (Å²) in [5.41, 5.74) is 7.89. The summed E-state index contributed by atoms with van der Waals surface area (Å²) in [6, 6.07) is 15.1. The van der Waals surface area contributed by atoms with Crippen LogP contribution in [-0.2, 0) is 0 Å². The van der Waals surface area contributed by atoms with E-state index in [-0.39, 0.29) is 5.56 Å². The van der Waals surface area contributed by atoms with Gasteiger partial charge in [-0.1, -0.05) is 0 Å². The third-order valence-corrected chi connectivity index (χ3v) is 4.30. The number of carbonyl (C=O) groups is 2. The van der Waals surface area contributed by atoms with Gasteiger partial charge in [0.1, 0.15) is 5.75 Å². The van der Waals surface area contributed by atoms with Gasteiger partial charge in [-0.2, -0.15) is 0 Å². The molecule has 0 fully saturated rings. The zero-order valence-corrected chi connectivity index (χ0v) is 16.1. The third kappa shape index (κ3) is 4.99. The Balaban J connectivity index is 1.59. The van der Waals surface area contributed by atoms with E-state index in [1.54, 1.807) is 24.3 Å². The SMILES string of the molecule is Cc1ccc(C)n1-c1ccc(C(=O)NNC(=O)c2ccc(OC(F)(F)F)cc2)cc1. The molecule has 0 spiro atoms. The van der Waals surface area contributed by atoms with Gasteiger partial charge in [-0.25, -0.2) is 0 Å². The molecule has 1 heterocycles. The second kappa shape index (κ2) is 8.32. The molecule has 1 aromatic heterocycles. The molecule has 0 saturated heterocycles. The predicted molar refractivity (Wildman–Crippen MR) is 103 cm³/mol. The van der Waals surface area contributed by atoms with Crippen LogP contribution >= 0.6 is 0 Å². The molecule has 30 heavy (non-hydrogen) atoms. The summed E-state index contributed by atoms with van der Waals surface area (Å²) in [5, 5.41) is 0. The van der Waals surface area contributed by atoms with Crippen molar-refractivity contribution in [3.63, 3.8) is 0 Å². The van der Waals surface area contributed by atoms with Crippen LogP contribution in [0.3, 0.4) is 0 Å². The first-order valence-electron chi connectivity index (χ1n) is 8.86. The van der Waals surface area contributed by atoms with Crippen molar-refractivity contribution >= 4 is 11.8 Å². The Morgan fingerprint density at radius 3 is 1.63 bits per heavy atom. The average molecular weight is 417 g/mol. The number of hydrogen-bond donors (Lipinski definition) is 2. The molecule has 3 aromatic rings. The van der Waals surface area contributed by atoms with Gasteiger partial charge in [0, 0.05) is 28.2 Å². The van der Waals surface area contributed by atoms with Gasteiger partial charge in [0.15, 0.2) is 0 Å². The van der Waals surface area contributed by atoms with Crippen LogP contribution in [0.4, 0.5) is 13.2 Å². The highest BCUT2D eigenvalue weighted by molar-refractivity contribution is 5.99. The number of aromatic nitrogens is 1. The normalized spacial score (nSPS) is 11.1. The summed E-state index contributed by atoms with van der Waals surface area (Å²) in [5.74, 6) is -1.67. The Hall–Kier alpha value is -3.75. The van der Waals surface area contributed by atoms with Gasteiger partial charge in [-0.3, -0.25) is 20.4 Å². The molecular formula is C21H18F3N3O3. The van der Waals surface area contributed by atoms with Crippen molar-refractivity contribution in [2.75, 3.05) is 0 Å². The van der Waals surface area contributed by atoms with Gasteiger partial charge in [-0.05, 0) is 74.5 Å². The summed E-state index contributed by atoms with van der Waals surface area (Å²) in [6.45, 7) is 3.95. The Morgan fingerprint density at radius 2 is 1.20 bits per heavy atom. The van der Waals surface area contributed by atoms with Crippen LogP contribution < -0.4 is 15.6 Å². The number of benzene rings is 2. The van der Waals surface area contributed by atoms with Crippen molar-refractivity contribution in [3.8, 4) is 11.4 Å². The largest absolute Gasteiger partial charge is 0.573 e. The molecule has 6 nitrogen and oxygen atoms in total. The summed E-state index contributed by atoms with van der Waals surface area (Å²) < 4.78 is 42.3. The first-order valence-corrected chi connectivity index (χ1v) is 8.86. The highest BCUT2D eigenvalue weighted by Gasteiger charge is 2.31.